The van der Waals surface area contributed by atoms with Crippen molar-refractivity contribution >= 4 is 33.6 Å². The summed E-state index contributed by atoms with van der Waals surface area (Å²) in [7, 11) is 1.58. The number of aromatic carboxylic acids is 1. The number of carbonyl (C=O) groups is 2. The van der Waals surface area contributed by atoms with Gasteiger partial charge in [-0.2, -0.15) is 0 Å². The number of carboxylic acids is 1. The van der Waals surface area contributed by atoms with Crippen molar-refractivity contribution in [3.05, 3.63) is 28.2 Å². The van der Waals surface area contributed by atoms with Gasteiger partial charge in [-0.3, -0.25) is 0 Å². The number of carbonyl (C=O) groups excluding carboxylic acids is 1. The Hall–Kier alpha value is -1.60. The quantitative estimate of drug-likeness (QED) is 0.698. The highest BCUT2D eigenvalue weighted by Gasteiger charge is 2.14. The molecule has 0 saturated carbocycles. The third-order valence-corrected chi connectivity index (χ3v) is 2.95. The Labute approximate surface area is 119 Å². The van der Waals surface area contributed by atoms with E-state index in [4.69, 9.17) is 9.84 Å². The summed E-state index contributed by atoms with van der Waals surface area (Å²) in [6.45, 7) is 1.00. The van der Waals surface area contributed by atoms with Gasteiger partial charge >= 0.3 is 12.0 Å². The van der Waals surface area contributed by atoms with Crippen LogP contribution in [-0.2, 0) is 4.74 Å². The van der Waals surface area contributed by atoms with Gasteiger partial charge in [-0.15, -0.1) is 0 Å². The largest absolute Gasteiger partial charge is 0.478 e. The van der Waals surface area contributed by atoms with Gasteiger partial charge in [0.25, 0.3) is 0 Å². The number of carboxylic acid groups (broad SMARTS) is 1. The third kappa shape index (κ3) is 4.88. The van der Waals surface area contributed by atoms with Crippen molar-refractivity contribution in [3.8, 4) is 0 Å². The minimum atomic E-state index is -1.10. The smallest absolute Gasteiger partial charge is 0.337 e. The van der Waals surface area contributed by atoms with Crippen molar-refractivity contribution in [2.45, 2.75) is 6.42 Å². The van der Waals surface area contributed by atoms with Crippen LogP contribution >= 0.6 is 15.9 Å². The number of nitrogens with one attached hydrogen (secondary N) is 2. The molecule has 0 aliphatic carbocycles. The summed E-state index contributed by atoms with van der Waals surface area (Å²) in [5.41, 5.74) is 0.264. The lowest BCUT2D eigenvalue weighted by Crippen LogP contribution is -2.30. The Morgan fingerprint density at radius 1 is 1.42 bits per heavy atom. The number of methoxy groups -OCH3 is 1. The maximum atomic E-state index is 11.6. The van der Waals surface area contributed by atoms with Gasteiger partial charge < -0.3 is 20.5 Å². The topological polar surface area (TPSA) is 87.7 Å². The molecule has 0 heterocycles. The molecule has 3 N–H and O–H groups in total. The second-order valence-corrected chi connectivity index (χ2v) is 4.55. The van der Waals surface area contributed by atoms with Gasteiger partial charge in [0.05, 0.1) is 11.3 Å². The number of benzene rings is 1. The molecular formula is C12H15BrN2O4. The molecule has 6 nitrogen and oxygen atoms in total. The predicted octanol–water partition coefficient (Wildman–Crippen LogP) is 2.31. The number of hydrogen-bond acceptors (Lipinski definition) is 3. The van der Waals surface area contributed by atoms with Gasteiger partial charge in [-0.25, -0.2) is 9.59 Å². The summed E-state index contributed by atoms with van der Waals surface area (Å²) in [5.74, 6) is -1.10. The van der Waals surface area contributed by atoms with Crippen molar-refractivity contribution in [1.29, 1.82) is 0 Å². The maximum Gasteiger partial charge on any atom is 0.337 e. The summed E-state index contributed by atoms with van der Waals surface area (Å²) in [6.07, 6.45) is 0.686. The number of para-hydroxylation sites is 1. The van der Waals surface area contributed by atoms with Crippen molar-refractivity contribution in [3.63, 3.8) is 0 Å². The average Bonchev–Trinajstić information content (AvgIpc) is 2.37. The fourth-order valence-corrected chi connectivity index (χ4v) is 1.87. The molecule has 0 aliphatic rings. The van der Waals surface area contributed by atoms with Gasteiger partial charge in [-0.1, -0.05) is 6.07 Å². The zero-order valence-corrected chi connectivity index (χ0v) is 12.0. The molecular weight excluding hydrogens is 316 g/mol. The van der Waals surface area contributed by atoms with Crippen molar-refractivity contribution in [1.82, 2.24) is 5.32 Å². The summed E-state index contributed by atoms with van der Waals surface area (Å²) in [4.78, 5) is 22.7. The number of urea groups is 1. The second kappa shape index (κ2) is 7.75. The fourth-order valence-electron chi connectivity index (χ4n) is 1.41. The Balaban J connectivity index is 2.66. The van der Waals surface area contributed by atoms with Crippen LogP contribution in [0.2, 0.25) is 0 Å². The van der Waals surface area contributed by atoms with E-state index in [-0.39, 0.29) is 11.3 Å². The van der Waals surface area contributed by atoms with Crippen molar-refractivity contribution in [2.75, 3.05) is 25.6 Å². The monoisotopic (exact) mass is 330 g/mol. The molecule has 1 aromatic rings. The molecule has 0 bridgehead atoms. The Morgan fingerprint density at radius 3 is 2.79 bits per heavy atom. The van der Waals surface area contributed by atoms with E-state index >= 15 is 0 Å². The Kier molecular flexibility index (Phi) is 6.31. The van der Waals surface area contributed by atoms with Crippen LogP contribution in [0, 0.1) is 0 Å². The molecule has 0 spiro atoms. The molecule has 0 fully saturated rings. The van der Waals surface area contributed by atoms with E-state index in [2.05, 4.69) is 26.6 Å². The number of anilines is 1. The van der Waals surface area contributed by atoms with Crippen molar-refractivity contribution < 1.29 is 19.4 Å². The second-order valence-electron chi connectivity index (χ2n) is 3.69. The SMILES string of the molecule is COCCCNC(=O)Nc1c(Br)cccc1C(=O)O. The first kappa shape index (κ1) is 15.5. The van der Waals surface area contributed by atoms with E-state index in [0.717, 1.165) is 0 Å². The molecule has 7 heteroatoms. The predicted molar refractivity (Wildman–Crippen MR) is 74.6 cm³/mol. The summed E-state index contributed by atoms with van der Waals surface area (Å²) >= 11 is 3.21. The van der Waals surface area contributed by atoms with E-state index in [0.29, 0.717) is 24.0 Å². The molecule has 0 aromatic heterocycles. The zero-order chi connectivity index (χ0) is 14.3. The zero-order valence-electron chi connectivity index (χ0n) is 10.4. The Morgan fingerprint density at radius 2 is 2.16 bits per heavy atom. The van der Waals surface area contributed by atoms with E-state index in [1.165, 1.54) is 6.07 Å². The highest BCUT2D eigenvalue weighted by Crippen LogP contribution is 2.26. The van der Waals surface area contributed by atoms with Gasteiger partial charge in [0.2, 0.25) is 0 Å². The molecule has 0 atom stereocenters. The molecule has 1 aromatic carbocycles. The van der Waals surface area contributed by atoms with Crippen LogP contribution in [0.5, 0.6) is 0 Å². The molecule has 0 saturated heterocycles. The fraction of sp³-hybridized carbons (Fsp3) is 0.333. The van der Waals surface area contributed by atoms with Crippen LogP contribution in [0.1, 0.15) is 16.8 Å². The summed E-state index contributed by atoms with van der Waals surface area (Å²) < 4.78 is 5.37. The molecule has 1 rings (SSSR count). The first-order chi connectivity index (χ1) is 9.06. The van der Waals surface area contributed by atoms with Crippen molar-refractivity contribution in [2.24, 2.45) is 0 Å². The molecule has 104 valence electrons. The van der Waals surface area contributed by atoms with Crippen LogP contribution < -0.4 is 10.6 Å². The first-order valence-corrected chi connectivity index (χ1v) is 6.41. The molecule has 0 radical (unpaired) electrons. The van der Waals surface area contributed by atoms with Crippen LogP contribution in [0.3, 0.4) is 0 Å². The van der Waals surface area contributed by atoms with Crippen LogP contribution in [0.4, 0.5) is 10.5 Å². The number of ether oxygens (including phenoxy) is 1. The van der Waals surface area contributed by atoms with Gasteiger partial charge in [-0.05, 0) is 34.5 Å². The van der Waals surface area contributed by atoms with Gasteiger partial charge in [0.15, 0.2) is 0 Å². The lowest BCUT2D eigenvalue weighted by atomic mass is 10.2. The molecule has 0 aliphatic heterocycles. The number of halogens is 1. The highest BCUT2D eigenvalue weighted by atomic mass is 79.9. The average molecular weight is 331 g/mol. The van der Waals surface area contributed by atoms with Gasteiger partial charge in [0.1, 0.15) is 0 Å². The first-order valence-electron chi connectivity index (χ1n) is 5.62. The number of hydrogen-bond donors (Lipinski definition) is 3. The lowest BCUT2D eigenvalue weighted by Gasteiger charge is -2.11. The molecule has 0 unspecified atom stereocenters. The maximum absolute atomic E-state index is 11.6. The Bertz CT molecular complexity index is 465. The van der Waals surface area contributed by atoms with E-state index < -0.39 is 12.0 Å². The van der Waals surface area contributed by atoms with Crippen LogP contribution in [0.15, 0.2) is 22.7 Å². The lowest BCUT2D eigenvalue weighted by molar-refractivity contribution is 0.0698. The van der Waals surface area contributed by atoms with E-state index in [1.54, 1.807) is 19.2 Å². The number of amides is 2. The van der Waals surface area contributed by atoms with Crippen LogP contribution in [-0.4, -0.2) is 37.4 Å². The van der Waals surface area contributed by atoms with E-state index in [9.17, 15) is 9.59 Å². The summed E-state index contributed by atoms with van der Waals surface area (Å²) in [5, 5.41) is 14.2. The standard InChI is InChI=1S/C12H15BrN2O4/c1-19-7-3-6-14-12(18)15-10-8(11(16)17)4-2-5-9(10)13/h2,4-5H,3,6-7H2,1H3,(H,16,17)(H2,14,15,18). The summed E-state index contributed by atoms with van der Waals surface area (Å²) in [6, 6.07) is 4.22. The van der Waals surface area contributed by atoms with Crippen LogP contribution in [0.25, 0.3) is 0 Å². The normalized spacial score (nSPS) is 10.0. The molecule has 2 amide bonds. The van der Waals surface area contributed by atoms with E-state index in [1.807, 2.05) is 0 Å². The third-order valence-electron chi connectivity index (χ3n) is 2.29. The number of rotatable bonds is 6. The minimum absolute atomic E-state index is 0.0291. The van der Waals surface area contributed by atoms with Gasteiger partial charge in [0, 0.05) is 24.7 Å². The highest BCUT2D eigenvalue weighted by molar-refractivity contribution is 9.10. The molecule has 19 heavy (non-hydrogen) atoms. The minimum Gasteiger partial charge on any atom is -0.478 e.